The lowest BCUT2D eigenvalue weighted by atomic mass is 9.87. The largest absolute Gasteiger partial charge is 0.472 e. The number of halogens is 38. The maximum absolute atomic E-state index is 14.5. The average molecular weight is 1190 g/mol. The third kappa shape index (κ3) is 9.47. The molecule has 70 heavy (non-hydrogen) atoms. The maximum Gasteiger partial charge on any atom is 0.472 e. The summed E-state index contributed by atoms with van der Waals surface area (Å²) in [4.78, 5) is 9.20. The molecule has 0 atom stereocenters. The van der Waals surface area contributed by atoms with Gasteiger partial charge in [0.2, 0.25) is 0 Å². The molecule has 1 N–H and O–H groups in total. The van der Waals surface area contributed by atoms with E-state index in [2.05, 4.69) is 9.05 Å². The summed E-state index contributed by atoms with van der Waals surface area (Å²) in [7, 11) is -5.57. The Morgan fingerprint density at radius 3 is 0.686 bits per heavy atom. The van der Waals surface area contributed by atoms with Crippen LogP contribution in [-0.4, -0.2) is 141 Å². The van der Waals surface area contributed by atoms with Crippen molar-refractivity contribution >= 4 is 31.3 Å². The third-order valence-electron chi connectivity index (χ3n) is 8.82. The summed E-state index contributed by atoms with van der Waals surface area (Å²) in [5.74, 6) is -146. The molecule has 0 aromatic rings. The van der Waals surface area contributed by atoms with Crippen LogP contribution < -0.4 is 0 Å². The molecular weight excluding hydrogens is 1180 g/mol. The van der Waals surface area contributed by atoms with Crippen molar-refractivity contribution in [3.8, 4) is 0 Å². The van der Waals surface area contributed by atoms with Crippen LogP contribution in [0.3, 0.4) is 0 Å². The zero-order chi connectivity index (χ0) is 57.1. The van der Waals surface area contributed by atoms with Crippen LogP contribution in [0.5, 0.6) is 0 Å². The van der Waals surface area contributed by atoms with E-state index in [1.54, 1.807) is 0 Å². The van der Waals surface area contributed by atoms with Gasteiger partial charge in [-0.05, 0) is 0 Å². The lowest BCUT2D eigenvalue weighted by Gasteiger charge is -2.44. The zero-order valence-corrected chi connectivity index (χ0v) is 33.6. The van der Waals surface area contributed by atoms with Crippen LogP contribution in [0.25, 0.3) is 0 Å². The molecule has 1 rings (SSSR count). The minimum Gasteiger partial charge on any atom is -0.302 e. The number of rotatable bonds is 22. The maximum atomic E-state index is 14.5. The Bertz CT molecular complexity index is 1780. The van der Waals surface area contributed by atoms with Gasteiger partial charge >= 0.3 is 115 Å². The Hall–Kier alpha value is -1.85. The van der Waals surface area contributed by atoms with Gasteiger partial charge in [0.25, 0.3) is 0 Å². The van der Waals surface area contributed by atoms with Crippen LogP contribution in [-0.2, 0) is 13.6 Å². The third-order valence-corrected chi connectivity index (χ3v) is 12.8. The molecule has 0 aromatic heterocycles. The monoisotopic (exact) mass is 1190 g/mol. The second kappa shape index (κ2) is 17.9. The number of phosphoric acid groups is 1. The first-order valence-electron chi connectivity index (χ1n) is 15.9. The average Bonchev–Trinajstić information content (AvgIpc) is 3.13. The molecular formula is C25H13F38O4PS2. The summed E-state index contributed by atoms with van der Waals surface area (Å²) >= 11 is -2.03. The van der Waals surface area contributed by atoms with E-state index in [-0.39, 0.29) is 0 Å². The van der Waals surface area contributed by atoms with Gasteiger partial charge in [0.05, 0.1) is 13.2 Å². The lowest BCUT2D eigenvalue weighted by Crippen LogP contribution is -2.75. The highest BCUT2D eigenvalue weighted by Crippen LogP contribution is 2.68. The summed E-state index contributed by atoms with van der Waals surface area (Å²) in [5.41, 5.74) is 0. The van der Waals surface area contributed by atoms with Crippen molar-refractivity contribution in [2.45, 2.75) is 124 Å². The van der Waals surface area contributed by atoms with Crippen molar-refractivity contribution in [1.29, 1.82) is 0 Å². The van der Waals surface area contributed by atoms with E-state index in [4.69, 9.17) is 0 Å². The first kappa shape index (κ1) is 66.2. The Kier molecular flexibility index (Phi) is 16.9. The minimum absolute atomic E-state index is 1.01. The first-order valence-corrected chi connectivity index (χ1v) is 19.4. The van der Waals surface area contributed by atoms with Gasteiger partial charge in [0.15, 0.2) is 0 Å². The predicted octanol–water partition coefficient (Wildman–Crippen LogP) is 14.4. The van der Waals surface area contributed by atoms with Crippen LogP contribution in [0.2, 0.25) is 0 Å². The molecule has 45 heteroatoms. The van der Waals surface area contributed by atoms with Crippen molar-refractivity contribution < 1.29 is 185 Å². The van der Waals surface area contributed by atoms with Gasteiger partial charge < -0.3 is 4.89 Å². The van der Waals surface area contributed by atoms with E-state index in [1.807, 2.05) is 0 Å². The molecule has 0 aromatic carbocycles. The summed E-state index contributed by atoms with van der Waals surface area (Å²) in [6.07, 6.45) is -23.4. The highest BCUT2D eigenvalue weighted by atomic mass is 32.2. The molecule has 1 fully saturated rings. The fourth-order valence-corrected chi connectivity index (χ4v) is 8.53. The van der Waals surface area contributed by atoms with E-state index >= 15 is 0 Å². The first-order chi connectivity index (χ1) is 29.8. The molecule has 0 aliphatic carbocycles. The fraction of sp³-hybridized carbons (Fsp3) is 1.00. The van der Waals surface area contributed by atoms with E-state index in [0.29, 0.717) is 0 Å². The fourth-order valence-electron chi connectivity index (χ4n) is 4.48. The van der Waals surface area contributed by atoms with Gasteiger partial charge in [0.1, 0.15) is 4.08 Å². The second-order valence-corrected chi connectivity index (χ2v) is 18.2. The highest BCUT2D eigenvalue weighted by molar-refractivity contribution is 8.18. The van der Waals surface area contributed by atoms with E-state index in [0.717, 1.165) is 0 Å². The van der Waals surface area contributed by atoms with Crippen LogP contribution in [0.4, 0.5) is 167 Å². The molecule has 4 nitrogen and oxygen atoms in total. The molecule has 1 heterocycles. The van der Waals surface area contributed by atoms with Crippen molar-refractivity contribution in [2.75, 3.05) is 24.7 Å². The molecule has 0 radical (unpaired) electrons. The molecule has 1 aliphatic heterocycles. The van der Waals surface area contributed by atoms with Crippen molar-refractivity contribution in [2.24, 2.45) is 0 Å². The molecule has 0 bridgehead atoms. The summed E-state index contributed by atoms with van der Waals surface area (Å²) < 4.78 is 533. The van der Waals surface area contributed by atoms with Gasteiger partial charge in [-0.3, -0.25) is 9.05 Å². The van der Waals surface area contributed by atoms with Crippen LogP contribution in [0, 0.1) is 0 Å². The summed E-state index contributed by atoms with van der Waals surface area (Å²) in [6, 6.07) is 0. The minimum atomic E-state index is -9.38. The molecule has 1 saturated heterocycles. The SMILES string of the molecule is O=P1(O)OCC(SCCC(F)(F)C(F)(F)C(F)(F)C(F)(F)C(F)(F)C(F)(F)C(F)(F)C(F)(F)C(F)(F)F)(SCCC(F)(F)C(F)(F)C(F)(F)C(F)(F)C(F)(F)C(F)(F)C(F)(F)C(F)(F)C(F)(F)F)CO1. The highest BCUT2D eigenvalue weighted by Gasteiger charge is 2.98. The van der Waals surface area contributed by atoms with Crippen LogP contribution >= 0.6 is 31.3 Å². The lowest BCUT2D eigenvalue weighted by molar-refractivity contribution is -0.468. The zero-order valence-electron chi connectivity index (χ0n) is 31.0. The number of alkyl halides is 38. The van der Waals surface area contributed by atoms with Crippen LogP contribution in [0.15, 0.2) is 0 Å². The van der Waals surface area contributed by atoms with E-state index in [9.17, 15) is 176 Å². The van der Waals surface area contributed by atoms with E-state index in [1.165, 1.54) is 0 Å². The quantitative estimate of drug-likeness (QED) is 0.0662. The Morgan fingerprint density at radius 1 is 0.329 bits per heavy atom. The predicted molar refractivity (Wildman–Crippen MR) is 150 cm³/mol. The molecule has 1 aliphatic rings. The van der Waals surface area contributed by atoms with Gasteiger partial charge in [-0.15, -0.1) is 23.5 Å². The van der Waals surface area contributed by atoms with Gasteiger partial charge in [-0.25, -0.2) is 4.57 Å². The molecule has 0 saturated carbocycles. The number of thioether (sulfide) groups is 2. The Labute approximate surface area is 366 Å². The van der Waals surface area contributed by atoms with Crippen LogP contribution in [0.1, 0.15) is 12.8 Å². The molecule has 0 unspecified atom stereocenters. The summed E-state index contributed by atoms with van der Waals surface area (Å²) in [6.45, 7) is -4.00. The van der Waals surface area contributed by atoms with Gasteiger partial charge in [-0.1, -0.05) is 0 Å². The number of hydrogen-bond acceptors (Lipinski definition) is 5. The van der Waals surface area contributed by atoms with Crippen molar-refractivity contribution in [3.05, 3.63) is 0 Å². The van der Waals surface area contributed by atoms with Crippen molar-refractivity contribution in [3.63, 3.8) is 0 Å². The molecule has 0 amide bonds. The normalized spacial score (nSPS) is 19.2. The standard InChI is InChI=1S/C25H13F38O4PS2/c26-8(27,10(30,31)12(34,35)14(38,39)16(42,43)18(46,47)20(50,51)22(54,55)24(58,59)60)1-3-69-7(5-66-68(64,65)67-6-7)70-4-2-9(28,29)11(32,33)13(36,37)15(40,41)17(44,45)19(48,49)21(52,53)23(56,57)25(61,62)63/h1-6H2,(H,64,65). The topological polar surface area (TPSA) is 55.8 Å². The number of phosphoric ester groups is 1. The Balaban J connectivity index is 3.60. The molecule has 420 valence electrons. The second-order valence-electron chi connectivity index (χ2n) is 13.6. The van der Waals surface area contributed by atoms with Gasteiger partial charge in [-0.2, -0.15) is 167 Å². The Morgan fingerprint density at radius 2 is 0.500 bits per heavy atom. The van der Waals surface area contributed by atoms with E-state index < -0.39 is 180 Å². The molecule has 0 spiro atoms. The summed E-state index contributed by atoms with van der Waals surface area (Å²) in [5, 5.41) is 0. The van der Waals surface area contributed by atoms with Crippen molar-refractivity contribution in [1.82, 2.24) is 0 Å². The smallest absolute Gasteiger partial charge is 0.302 e. The number of hydrogen-bond donors (Lipinski definition) is 1. The van der Waals surface area contributed by atoms with Gasteiger partial charge in [0, 0.05) is 24.3 Å².